The van der Waals surface area contributed by atoms with Crippen LogP contribution in [0.3, 0.4) is 0 Å². The van der Waals surface area contributed by atoms with E-state index in [2.05, 4.69) is 41.6 Å². The minimum atomic E-state index is -0.385. The summed E-state index contributed by atoms with van der Waals surface area (Å²) in [5, 5.41) is 10.4. The monoisotopic (exact) mass is 421 g/mol. The number of hydrogen-bond acceptors (Lipinski definition) is 5. The molecule has 1 fully saturated rings. The van der Waals surface area contributed by atoms with Gasteiger partial charge in [-0.3, -0.25) is 14.7 Å². The number of carbonyl (C=O) groups excluding carboxylic acids is 1. The SMILES string of the molecule is Cc1ccc(C(C)(C)N2CCC(CCc3ccc(F)s3)(C(C)O)C2)cn1.NC=O. The Labute approximate surface area is 176 Å². The second kappa shape index (κ2) is 9.78. The minimum Gasteiger partial charge on any atom is -0.393 e. The summed E-state index contributed by atoms with van der Waals surface area (Å²) in [5.74, 6) is 0. The van der Waals surface area contributed by atoms with E-state index in [1.165, 1.54) is 23.0 Å². The van der Waals surface area contributed by atoms with Crippen molar-refractivity contribution >= 4 is 17.7 Å². The number of halogens is 1. The van der Waals surface area contributed by atoms with Crippen molar-refractivity contribution in [2.24, 2.45) is 11.1 Å². The standard InChI is InChI=1S/C21H29FN2OS.CH3NO/c1-15-5-6-17(13-23-15)20(3,4)24-12-11-21(14-24,16(2)25)10-9-18-7-8-19(22)26-18;2-1-3/h5-8,13,16,25H,9-12,14H2,1-4H3;1H,(H2,2,3). The van der Waals surface area contributed by atoms with Gasteiger partial charge in [-0.25, -0.2) is 0 Å². The average Bonchev–Trinajstić information content (AvgIpc) is 3.28. The lowest BCUT2D eigenvalue weighted by molar-refractivity contribution is -0.106. The Morgan fingerprint density at radius 1 is 1.41 bits per heavy atom. The lowest BCUT2D eigenvalue weighted by Crippen LogP contribution is -2.44. The third kappa shape index (κ3) is 5.62. The zero-order valence-corrected chi connectivity index (χ0v) is 18.5. The van der Waals surface area contributed by atoms with Crippen molar-refractivity contribution in [2.75, 3.05) is 13.1 Å². The number of carbonyl (C=O) groups is 1. The molecule has 3 N–H and O–H groups in total. The minimum absolute atomic E-state index is 0.132. The highest BCUT2D eigenvalue weighted by Crippen LogP contribution is 2.43. The highest BCUT2D eigenvalue weighted by atomic mass is 32.1. The number of nitrogens with two attached hydrogens (primary N) is 1. The molecule has 2 unspecified atom stereocenters. The maximum Gasteiger partial charge on any atom is 0.204 e. The number of aliphatic hydroxyl groups is 1. The van der Waals surface area contributed by atoms with Crippen LogP contribution >= 0.6 is 11.3 Å². The van der Waals surface area contributed by atoms with Crippen LogP contribution in [0.1, 0.15) is 49.7 Å². The Bertz CT molecular complexity index is 792. The van der Waals surface area contributed by atoms with E-state index >= 15 is 0 Å². The van der Waals surface area contributed by atoms with E-state index in [0.717, 1.165) is 42.9 Å². The van der Waals surface area contributed by atoms with E-state index in [1.807, 2.05) is 26.1 Å². The summed E-state index contributed by atoms with van der Waals surface area (Å²) < 4.78 is 13.3. The van der Waals surface area contributed by atoms with Gasteiger partial charge in [-0.05, 0) is 77.3 Å². The molecule has 0 spiro atoms. The van der Waals surface area contributed by atoms with Gasteiger partial charge in [0, 0.05) is 34.3 Å². The predicted molar refractivity (Wildman–Crippen MR) is 115 cm³/mol. The Balaban J connectivity index is 0.000000941. The Morgan fingerprint density at radius 2 is 2.10 bits per heavy atom. The number of aryl methyl sites for hydroxylation is 2. The van der Waals surface area contributed by atoms with E-state index in [4.69, 9.17) is 4.79 Å². The second-order valence-electron chi connectivity index (χ2n) is 8.30. The highest BCUT2D eigenvalue weighted by molar-refractivity contribution is 7.10. The van der Waals surface area contributed by atoms with Crippen LogP contribution in [0.25, 0.3) is 0 Å². The molecule has 2 atom stereocenters. The number of primary amides is 1. The summed E-state index contributed by atoms with van der Waals surface area (Å²) in [4.78, 5) is 16.6. The Hall–Kier alpha value is -1.83. The van der Waals surface area contributed by atoms with Crippen molar-refractivity contribution in [1.82, 2.24) is 9.88 Å². The fraction of sp³-hybridized carbons (Fsp3) is 0.545. The Morgan fingerprint density at radius 3 is 2.62 bits per heavy atom. The lowest BCUT2D eigenvalue weighted by Gasteiger charge is -2.39. The second-order valence-corrected chi connectivity index (χ2v) is 9.42. The summed E-state index contributed by atoms with van der Waals surface area (Å²) in [6.45, 7) is 10.2. The van der Waals surface area contributed by atoms with Crippen LogP contribution in [-0.2, 0) is 16.8 Å². The molecule has 3 heterocycles. The fourth-order valence-electron chi connectivity index (χ4n) is 4.00. The summed E-state index contributed by atoms with van der Waals surface area (Å²) in [6, 6.07) is 7.60. The third-order valence-electron chi connectivity index (χ3n) is 6.18. The summed E-state index contributed by atoms with van der Waals surface area (Å²) in [6.07, 6.45) is 4.49. The van der Waals surface area contributed by atoms with Gasteiger partial charge in [-0.1, -0.05) is 6.07 Å². The summed E-state index contributed by atoms with van der Waals surface area (Å²) in [7, 11) is 0. The van der Waals surface area contributed by atoms with Gasteiger partial charge in [0.1, 0.15) is 0 Å². The van der Waals surface area contributed by atoms with Crippen molar-refractivity contribution in [3.63, 3.8) is 0 Å². The first-order chi connectivity index (χ1) is 13.6. The van der Waals surface area contributed by atoms with Gasteiger partial charge in [-0.15, -0.1) is 11.3 Å². The van der Waals surface area contributed by atoms with Gasteiger partial charge in [0.2, 0.25) is 6.41 Å². The zero-order valence-electron chi connectivity index (χ0n) is 17.7. The largest absolute Gasteiger partial charge is 0.393 e. The van der Waals surface area contributed by atoms with Crippen LogP contribution in [0, 0.1) is 17.5 Å². The molecule has 1 aliphatic heterocycles. The van der Waals surface area contributed by atoms with E-state index in [9.17, 15) is 9.50 Å². The molecule has 0 radical (unpaired) electrons. The zero-order chi connectivity index (χ0) is 21.7. The first-order valence-corrected chi connectivity index (χ1v) is 10.7. The van der Waals surface area contributed by atoms with Crippen molar-refractivity contribution in [3.05, 3.63) is 51.7 Å². The number of amides is 1. The van der Waals surface area contributed by atoms with Crippen molar-refractivity contribution in [3.8, 4) is 0 Å². The first kappa shape index (κ1) is 23.4. The predicted octanol–water partition coefficient (Wildman–Crippen LogP) is 3.63. The Kier molecular flexibility index (Phi) is 7.91. The van der Waals surface area contributed by atoms with Gasteiger partial charge < -0.3 is 10.8 Å². The van der Waals surface area contributed by atoms with Gasteiger partial charge >= 0.3 is 0 Å². The average molecular weight is 422 g/mol. The molecule has 0 aromatic carbocycles. The smallest absolute Gasteiger partial charge is 0.204 e. The molecule has 0 saturated carbocycles. The van der Waals surface area contributed by atoms with Crippen LogP contribution in [-0.4, -0.2) is 40.6 Å². The lowest BCUT2D eigenvalue weighted by atomic mass is 9.77. The quantitative estimate of drug-likeness (QED) is 0.698. The van der Waals surface area contributed by atoms with Crippen LogP contribution in [0.2, 0.25) is 0 Å². The van der Waals surface area contributed by atoms with Crippen molar-refractivity contribution in [2.45, 2.75) is 58.6 Å². The highest BCUT2D eigenvalue weighted by Gasteiger charge is 2.46. The van der Waals surface area contributed by atoms with Gasteiger partial charge in [0.25, 0.3) is 0 Å². The van der Waals surface area contributed by atoms with Gasteiger partial charge in [0.05, 0.1) is 6.10 Å². The summed E-state index contributed by atoms with van der Waals surface area (Å²) >= 11 is 1.22. The van der Waals surface area contributed by atoms with Crippen molar-refractivity contribution < 1.29 is 14.3 Å². The van der Waals surface area contributed by atoms with Crippen LogP contribution < -0.4 is 5.73 Å². The maximum atomic E-state index is 13.3. The number of likely N-dealkylation sites (tertiary alicyclic amines) is 1. The van der Waals surface area contributed by atoms with Crippen molar-refractivity contribution in [1.29, 1.82) is 0 Å². The number of rotatable bonds is 6. The normalized spacial score (nSPS) is 20.8. The number of pyridine rings is 1. The number of aromatic nitrogens is 1. The molecular formula is C22H32FN3O2S. The molecule has 2 aromatic heterocycles. The fourth-order valence-corrected chi connectivity index (χ4v) is 4.72. The molecule has 1 aliphatic rings. The van der Waals surface area contributed by atoms with Crippen LogP contribution in [0.15, 0.2) is 30.5 Å². The van der Waals surface area contributed by atoms with Crippen LogP contribution in [0.4, 0.5) is 4.39 Å². The molecule has 160 valence electrons. The van der Waals surface area contributed by atoms with E-state index in [-0.39, 0.29) is 28.6 Å². The number of nitrogens with zero attached hydrogens (tertiary/aromatic N) is 2. The molecule has 29 heavy (non-hydrogen) atoms. The molecule has 1 amide bonds. The maximum absolute atomic E-state index is 13.3. The summed E-state index contributed by atoms with van der Waals surface area (Å²) in [5.41, 5.74) is 6.11. The molecule has 5 nitrogen and oxygen atoms in total. The third-order valence-corrected chi connectivity index (χ3v) is 7.11. The number of thiophene rings is 1. The topological polar surface area (TPSA) is 79.4 Å². The molecule has 1 saturated heterocycles. The van der Waals surface area contributed by atoms with Gasteiger partial charge in [-0.2, -0.15) is 4.39 Å². The number of aliphatic hydroxyl groups excluding tert-OH is 1. The molecule has 7 heteroatoms. The molecular weight excluding hydrogens is 389 g/mol. The first-order valence-electron chi connectivity index (χ1n) is 9.90. The molecule has 0 bridgehead atoms. The molecule has 0 aliphatic carbocycles. The molecule has 3 rings (SSSR count). The van der Waals surface area contributed by atoms with E-state index in [0.29, 0.717) is 0 Å². The molecule has 2 aromatic rings. The number of hydrogen-bond donors (Lipinski definition) is 2. The van der Waals surface area contributed by atoms with Gasteiger partial charge in [0.15, 0.2) is 5.13 Å². The van der Waals surface area contributed by atoms with Crippen LogP contribution in [0.5, 0.6) is 0 Å². The van der Waals surface area contributed by atoms with E-state index in [1.54, 1.807) is 0 Å². The van der Waals surface area contributed by atoms with E-state index < -0.39 is 0 Å².